The van der Waals surface area contributed by atoms with Gasteiger partial charge in [0.15, 0.2) is 11.5 Å². The number of benzene rings is 1. The van der Waals surface area contributed by atoms with Crippen LogP contribution in [-0.2, 0) is 6.42 Å². The van der Waals surface area contributed by atoms with Crippen LogP contribution in [0, 0.1) is 5.92 Å². The van der Waals surface area contributed by atoms with Gasteiger partial charge in [-0.05, 0) is 54.2 Å². The van der Waals surface area contributed by atoms with Gasteiger partial charge in [-0.1, -0.05) is 0 Å². The molecule has 2 heterocycles. The molecule has 0 aromatic heterocycles. The standard InChI is InChI=1S/C15H20BrNO3/c1-18-14-11(7-10-3-2-4-17-9-10)15-13(8-12(14)16)19-5-6-20-15/h8,10,17H,2-7,9H2,1H3. The highest BCUT2D eigenvalue weighted by Gasteiger charge is 2.25. The fourth-order valence-electron chi connectivity index (χ4n) is 3.00. The third-order valence-electron chi connectivity index (χ3n) is 3.93. The largest absolute Gasteiger partial charge is 0.495 e. The van der Waals surface area contributed by atoms with E-state index in [1.165, 1.54) is 12.8 Å². The molecule has 0 spiro atoms. The summed E-state index contributed by atoms with van der Waals surface area (Å²) in [6.45, 7) is 3.40. The Morgan fingerprint density at radius 1 is 1.40 bits per heavy atom. The monoisotopic (exact) mass is 341 g/mol. The lowest BCUT2D eigenvalue weighted by Crippen LogP contribution is -2.31. The number of methoxy groups -OCH3 is 1. The van der Waals surface area contributed by atoms with E-state index in [2.05, 4.69) is 21.2 Å². The minimum Gasteiger partial charge on any atom is -0.495 e. The number of fused-ring (bicyclic) bond motifs is 1. The van der Waals surface area contributed by atoms with E-state index in [1.807, 2.05) is 6.07 Å². The summed E-state index contributed by atoms with van der Waals surface area (Å²) in [7, 11) is 1.71. The lowest BCUT2D eigenvalue weighted by atomic mass is 9.91. The van der Waals surface area contributed by atoms with Crippen LogP contribution in [0.15, 0.2) is 10.5 Å². The van der Waals surface area contributed by atoms with Gasteiger partial charge in [-0.2, -0.15) is 0 Å². The molecule has 3 rings (SSSR count). The lowest BCUT2D eigenvalue weighted by Gasteiger charge is -2.27. The van der Waals surface area contributed by atoms with Crippen LogP contribution in [0.2, 0.25) is 0 Å². The Morgan fingerprint density at radius 2 is 2.25 bits per heavy atom. The molecule has 2 aliphatic heterocycles. The van der Waals surface area contributed by atoms with Crippen LogP contribution in [-0.4, -0.2) is 33.4 Å². The smallest absolute Gasteiger partial charge is 0.168 e. The highest BCUT2D eigenvalue weighted by molar-refractivity contribution is 9.10. The molecule has 0 saturated carbocycles. The summed E-state index contributed by atoms with van der Waals surface area (Å²) in [6, 6.07) is 1.94. The van der Waals surface area contributed by atoms with Crippen LogP contribution in [0.3, 0.4) is 0 Å². The summed E-state index contributed by atoms with van der Waals surface area (Å²) >= 11 is 3.58. The first-order valence-electron chi connectivity index (χ1n) is 7.15. The Balaban J connectivity index is 1.95. The normalized spacial score (nSPS) is 21.6. The van der Waals surface area contributed by atoms with Crippen molar-refractivity contribution in [2.75, 3.05) is 33.4 Å². The van der Waals surface area contributed by atoms with Gasteiger partial charge in [0.25, 0.3) is 0 Å². The molecule has 1 aromatic carbocycles. The molecule has 1 aromatic rings. The summed E-state index contributed by atoms with van der Waals surface area (Å²) in [6.07, 6.45) is 3.44. The molecule has 1 N–H and O–H groups in total. The second kappa shape index (κ2) is 6.22. The molecule has 4 nitrogen and oxygen atoms in total. The Bertz CT molecular complexity index is 486. The number of hydrogen-bond acceptors (Lipinski definition) is 4. The summed E-state index contributed by atoms with van der Waals surface area (Å²) in [4.78, 5) is 0. The van der Waals surface area contributed by atoms with E-state index in [-0.39, 0.29) is 0 Å². The van der Waals surface area contributed by atoms with Crippen LogP contribution in [0.4, 0.5) is 0 Å². The Morgan fingerprint density at radius 3 is 3.00 bits per heavy atom. The van der Waals surface area contributed by atoms with E-state index in [0.29, 0.717) is 19.1 Å². The van der Waals surface area contributed by atoms with Gasteiger partial charge in [0.2, 0.25) is 0 Å². The summed E-state index contributed by atoms with van der Waals surface area (Å²) in [5, 5.41) is 3.46. The molecule has 110 valence electrons. The molecule has 1 atom stereocenters. The van der Waals surface area contributed by atoms with Gasteiger partial charge in [0, 0.05) is 11.6 Å². The first-order valence-corrected chi connectivity index (χ1v) is 7.94. The third kappa shape index (κ3) is 2.74. The molecule has 0 radical (unpaired) electrons. The minimum absolute atomic E-state index is 0.605. The van der Waals surface area contributed by atoms with Gasteiger partial charge >= 0.3 is 0 Å². The highest BCUT2D eigenvalue weighted by atomic mass is 79.9. The van der Waals surface area contributed by atoms with Crippen molar-refractivity contribution in [3.63, 3.8) is 0 Å². The molecule has 2 aliphatic rings. The molecule has 5 heteroatoms. The van der Waals surface area contributed by atoms with Crippen molar-refractivity contribution in [1.29, 1.82) is 0 Å². The van der Waals surface area contributed by atoms with Crippen LogP contribution >= 0.6 is 15.9 Å². The molecule has 0 bridgehead atoms. The van der Waals surface area contributed by atoms with Gasteiger partial charge in [0.05, 0.1) is 11.6 Å². The number of halogens is 1. The molecule has 20 heavy (non-hydrogen) atoms. The predicted molar refractivity (Wildman–Crippen MR) is 81.0 cm³/mol. The Hall–Kier alpha value is -0.940. The number of ether oxygens (including phenoxy) is 3. The lowest BCUT2D eigenvalue weighted by molar-refractivity contribution is 0.168. The van der Waals surface area contributed by atoms with Gasteiger partial charge < -0.3 is 19.5 Å². The molecule has 1 saturated heterocycles. The molecular weight excluding hydrogens is 322 g/mol. The molecule has 1 unspecified atom stereocenters. The summed E-state index contributed by atoms with van der Waals surface area (Å²) < 4.78 is 18.1. The topological polar surface area (TPSA) is 39.7 Å². The second-order valence-electron chi connectivity index (χ2n) is 5.31. The maximum Gasteiger partial charge on any atom is 0.168 e. The number of hydrogen-bond donors (Lipinski definition) is 1. The van der Waals surface area contributed by atoms with Crippen LogP contribution in [0.25, 0.3) is 0 Å². The number of nitrogens with one attached hydrogen (secondary N) is 1. The van der Waals surface area contributed by atoms with Crippen molar-refractivity contribution < 1.29 is 14.2 Å². The summed E-state index contributed by atoms with van der Waals surface area (Å²) in [5.74, 6) is 3.19. The van der Waals surface area contributed by atoms with E-state index < -0.39 is 0 Å². The van der Waals surface area contributed by atoms with E-state index in [9.17, 15) is 0 Å². The van der Waals surface area contributed by atoms with Crippen molar-refractivity contribution in [2.24, 2.45) is 5.92 Å². The third-order valence-corrected chi connectivity index (χ3v) is 4.52. The summed E-state index contributed by atoms with van der Waals surface area (Å²) in [5.41, 5.74) is 1.13. The van der Waals surface area contributed by atoms with Gasteiger partial charge in [0.1, 0.15) is 19.0 Å². The molecule has 0 amide bonds. The van der Waals surface area contributed by atoms with E-state index in [4.69, 9.17) is 14.2 Å². The van der Waals surface area contributed by atoms with Gasteiger partial charge in [-0.25, -0.2) is 0 Å². The number of piperidine rings is 1. The fourth-order valence-corrected chi connectivity index (χ4v) is 3.61. The highest BCUT2D eigenvalue weighted by Crippen LogP contribution is 2.45. The minimum atomic E-state index is 0.605. The maximum absolute atomic E-state index is 5.85. The Labute approximate surface area is 127 Å². The average molecular weight is 342 g/mol. The van der Waals surface area contributed by atoms with E-state index in [1.54, 1.807) is 7.11 Å². The van der Waals surface area contributed by atoms with Crippen molar-refractivity contribution in [1.82, 2.24) is 5.32 Å². The van der Waals surface area contributed by atoms with Crippen LogP contribution in [0.1, 0.15) is 18.4 Å². The predicted octanol–water partition coefficient (Wildman–Crippen LogP) is 2.77. The van der Waals surface area contributed by atoms with Crippen molar-refractivity contribution in [2.45, 2.75) is 19.3 Å². The zero-order valence-electron chi connectivity index (χ0n) is 11.7. The molecular formula is C15H20BrNO3. The van der Waals surface area contributed by atoms with E-state index in [0.717, 1.165) is 46.8 Å². The van der Waals surface area contributed by atoms with Crippen LogP contribution in [0.5, 0.6) is 17.2 Å². The maximum atomic E-state index is 5.85. The SMILES string of the molecule is COc1c(Br)cc2c(c1CC1CCCNC1)OCCO2. The first-order chi connectivity index (χ1) is 9.79. The van der Waals surface area contributed by atoms with Gasteiger partial charge in [-0.15, -0.1) is 0 Å². The van der Waals surface area contributed by atoms with Crippen molar-refractivity contribution in [3.8, 4) is 17.2 Å². The molecule has 1 fully saturated rings. The quantitative estimate of drug-likeness (QED) is 0.917. The van der Waals surface area contributed by atoms with Crippen molar-refractivity contribution >= 4 is 15.9 Å². The van der Waals surface area contributed by atoms with Crippen molar-refractivity contribution in [3.05, 3.63) is 16.1 Å². The Kier molecular flexibility index (Phi) is 4.36. The molecule has 0 aliphatic carbocycles. The van der Waals surface area contributed by atoms with E-state index >= 15 is 0 Å². The number of rotatable bonds is 3. The van der Waals surface area contributed by atoms with Crippen LogP contribution < -0.4 is 19.5 Å². The zero-order valence-corrected chi connectivity index (χ0v) is 13.3. The average Bonchev–Trinajstić information content (AvgIpc) is 2.48. The zero-order chi connectivity index (χ0) is 13.9. The first kappa shape index (κ1) is 14.0. The van der Waals surface area contributed by atoms with Gasteiger partial charge in [-0.3, -0.25) is 0 Å². The second-order valence-corrected chi connectivity index (χ2v) is 6.17. The fraction of sp³-hybridized carbons (Fsp3) is 0.600.